The Morgan fingerprint density at radius 1 is 1.04 bits per heavy atom. The summed E-state index contributed by atoms with van der Waals surface area (Å²) < 4.78 is 75.3. The normalized spacial score (nSPS) is 11.0. The van der Waals surface area contributed by atoms with Gasteiger partial charge in [0.25, 0.3) is 16.0 Å². The zero-order valence-electron chi connectivity index (χ0n) is 14.0. The van der Waals surface area contributed by atoms with E-state index in [2.05, 4.69) is 15.0 Å². The van der Waals surface area contributed by atoms with Crippen LogP contribution < -0.4 is 19.5 Å². The Morgan fingerprint density at radius 2 is 1.59 bits per heavy atom. The topological polar surface area (TPSA) is 132 Å². The van der Waals surface area contributed by atoms with Crippen LogP contribution >= 0.6 is 0 Å². The number of hydrogen-bond acceptors (Lipinski definition) is 8. The number of halogens is 3. The second-order valence-electron chi connectivity index (χ2n) is 4.80. The first-order valence-corrected chi connectivity index (χ1v) is 8.39. The van der Waals surface area contributed by atoms with Crippen molar-refractivity contribution in [2.24, 2.45) is 0 Å². The van der Waals surface area contributed by atoms with Gasteiger partial charge in [-0.3, -0.25) is 5.32 Å². The molecule has 0 aromatic carbocycles. The Hall–Kier alpha value is -3.16. The van der Waals surface area contributed by atoms with Gasteiger partial charge in [0.1, 0.15) is 0 Å². The Kier molecular flexibility index (Phi) is 5.68. The predicted molar refractivity (Wildman–Crippen MR) is 83.3 cm³/mol. The van der Waals surface area contributed by atoms with Crippen molar-refractivity contribution in [2.45, 2.75) is 11.9 Å². The summed E-state index contributed by atoms with van der Waals surface area (Å²) in [6, 6.07) is -0.0892. The summed E-state index contributed by atoms with van der Waals surface area (Å²) >= 11 is 0. The lowest BCUT2D eigenvalue weighted by Crippen LogP contribution is -2.36. The number of methoxy groups -OCH3 is 2. The van der Waals surface area contributed by atoms with Gasteiger partial charge < -0.3 is 9.47 Å². The summed E-state index contributed by atoms with van der Waals surface area (Å²) in [5.41, 5.74) is -0.812. The van der Waals surface area contributed by atoms with E-state index in [1.54, 1.807) is 0 Å². The number of nitrogens with one attached hydrogen (secondary N) is 2. The van der Waals surface area contributed by atoms with Crippen LogP contribution in [0.15, 0.2) is 11.1 Å². The van der Waals surface area contributed by atoms with Gasteiger partial charge >= 0.3 is 6.03 Å². The summed E-state index contributed by atoms with van der Waals surface area (Å²) in [6.45, 7) is 0.855. The zero-order chi connectivity index (χ0) is 20.4. The summed E-state index contributed by atoms with van der Waals surface area (Å²) in [5.74, 6) is -6.04. The highest BCUT2D eigenvalue weighted by Crippen LogP contribution is 2.20. The molecule has 10 nitrogen and oxygen atoms in total. The van der Waals surface area contributed by atoms with Gasteiger partial charge in [-0.05, 0) is 6.92 Å². The standard InChI is InChI=1S/C13H12F3N5O5S/c1-5-8(14)9(15)10(16)19-11(5)27(23,24)21-13(22)20-12-17-6(25-2)4-7(18-12)26-3/h4H,1-3H3,(H2,17,18,20,21,22). The van der Waals surface area contributed by atoms with Crippen molar-refractivity contribution in [2.75, 3.05) is 19.5 Å². The van der Waals surface area contributed by atoms with E-state index in [1.165, 1.54) is 25.0 Å². The highest BCUT2D eigenvalue weighted by molar-refractivity contribution is 7.90. The average molecular weight is 407 g/mol. The van der Waals surface area contributed by atoms with Crippen molar-refractivity contribution in [3.63, 3.8) is 0 Å². The predicted octanol–water partition coefficient (Wildman–Crippen LogP) is 1.12. The number of aromatic nitrogens is 3. The first-order chi connectivity index (χ1) is 12.6. The lowest BCUT2D eigenvalue weighted by atomic mass is 10.3. The minimum atomic E-state index is -4.84. The van der Waals surface area contributed by atoms with Crippen LogP contribution in [0.4, 0.5) is 23.9 Å². The molecule has 27 heavy (non-hydrogen) atoms. The fourth-order valence-corrected chi connectivity index (χ4v) is 2.88. The molecule has 2 N–H and O–H groups in total. The molecule has 0 unspecified atom stereocenters. The first kappa shape index (κ1) is 20.2. The third-order valence-electron chi connectivity index (χ3n) is 3.03. The maximum Gasteiger partial charge on any atom is 0.335 e. The minimum Gasteiger partial charge on any atom is -0.481 e. The third kappa shape index (κ3) is 4.33. The molecule has 2 amide bonds. The van der Waals surface area contributed by atoms with E-state index in [1.807, 2.05) is 5.32 Å². The highest BCUT2D eigenvalue weighted by atomic mass is 32.2. The van der Waals surface area contributed by atoms with E-state index in [0.717, 1.165) is 6.92 Å². The van der Waals surface area contributed by atoms with Crippen molar-refractivity contribution in [1.82, 2.24) is 19.7 Å². The van der Waals surface area contributed by atoms with Gasteiger partial charge in [0.05, 0.1) is 20.3 Å². The molecule has 2 rings (SSSR count). The van der Waals surface area contributed by atoms with Crippen LogP contribution in [-0.2, 0) is 10.0 Å². The number of urea groups is 1. The zero-order valence-corrected chi connectivity index (χ0v) is 14.8. The Bertz CT molecular complexity index is 980. The van der Waals surface area contributed by atoms with Crippen molar-refractivity contribution >= 4 is 22.0 Å². The van der Waals surface area contributed by atoms with E-state index >= 15 is 0 Å². The molecule has 14 heteroatoms. The molecule has 0 saturated carbocycles. The summed E-state index contributed by atoms with van der Waals surface area (Å²) in [6.07, 6.45) is 0. The molecule has 0 bridgehead atoms. The molecule has 2 aromatic heterocycles. The van der Waals surface area contributed by atoms with Crippen LogP contribution in [0.2, 0.25) is 0 Å². The monoisotopic (exact) mass is 407 g/mol. The smallest absolute Gasteiger partial charge is 0.335 e. The molecular weight excluding hydrogens is 395 g/mol. The van der Waals surface area contributed by atoms with Crippen LogP contribution in [0, 0.1) is 24.5 Å². The van der Waals surface area contributed by atoms with E-state index in [9.17, 15) is 26.4 Å². The van der Waals surface area contributed by atoms with Gasteiger partial charge in [0.2, 0.25) is 23.5 Å². The van der Waals surface area contributed by atoms with E-state index in [4.69, 9.17) is 9.47 Å². The van der Waals surface area contributed by atoms with E-state index in [0.29, 0.717) is 0 Å². The lowest BCUT2D eigenvalue weighted by Gasteiger charge is -2.11. The van der Waals surface area contributed by atoms with Crippen molar-refractivity contribution in [3.05, 3.63) is 29.2 Å². The summed E-state index contributed by atoms with van der Waals surface area (Å²) in [7, 11) is -2.28. The number of carbonyl (C=O) groups excluding carboxylic acids is 1. The number of amides is 2. The van der Waals surface area contributed by atoms with Gasteiger partial charge in [0.15, 0.2) is 10.8 Å². The molecular formula is C13H12F3N5O5S. The first-order valence-electron chi connectivity index (χ1n) is 6.91. The maximum absolute atomic E-state index is 13.5. The number of sulfonamides is 1. The van der Waals surface area contributed by atoms with Crippen molar-refractivity contribution in [3.8, 4) is 11.8 Å². The molecule has 0 aliphatic carbocycles. The molecule has 2 heterocycles. The van der Waals surface area contributed by atoms with Gasteiger partial charge in [-0.1, -0.05) is 0 Å². The highest BCUT2D eigenvalue weighted by Gasteiger charge is 2.28. The summed E-state index contributed by atoms with van der Waals surface area (Å²) in [5, 5.41) is 0.780. The second-order valence-corrected chi connectivity index (χ2v) is 6.39. The molecule has 2 aromatic rings. The van der Waals surface area contributed by atoms with Crippen molar-refractivity contribution < 1.29 is 35.9 Å². The number of nitrogens with zero attached hydrogens (tertiary/aromatic N) is 3. The van der Waals surface area contributed by atoms with Crippen LogP contribution in [0.25, 0.3) is 0 Å². The summed E-state index contributed by atoms with van der Waals surface area (Å²) in [4.78, 5) is 22.2. The fourth-order valence-electron chi connectivity index (χ4n) is 1.80. The Labute approximate surface area is 150 Å². The lowest BCUT2D eigenvalue weighted by molar-refractivity contribution is 0.256. The fraction of sp³-hybridized carbons (Fsp3) is 0.231. The average Bonchev–Trinajstić information content (AvgIpc) is 2.61. The van der Waals surface area contributed by atoms with Crippen molar-refractivity contribution in [1.29, 1.82) is 0 Å². The van der Waals surface area contributed by atoms with Crippen LogP contribution in [0.1, 0.15) is 5.56 Å². The second kappa shape index (κ2) is 7.61. The molecule has 0 aliphatic heterocycles. The van der Waals surface area contributed by atoms with Crippen LogP contribution in [0.5, 0.6) is 11.8 Å². The molecule has 0 aliphatic rings. The van der Waals surface area contributed by atoms with Crippen LogP contribution in [0.3, 0.4) is 0 Å². The number of carbonyl (C=O) groups is 1. The number of rotatable bonds is 5. The molecule has 0 saturated heterocycles. The minimum absolute atomic E-state index is 0.000181. The number of anilines is 1. The van der Waals surface area contributed by atoms with Gasteiger partial charge in [-0.2, -0.15) is 27.2 Å². The maximum atomic E-state index is 13.5. The molecule has 0 spiro atoms. The Morgan fingerprint density at radius 3 is 2.11 bits per heavy atom. The number of pyridine rings is 1. The molecule has 146 valence electrons. The van der Waals surface area contributed by atoms with Gasteiger partial charge in [-0.25, -0.2) is 18.9 Å². The SMILES string of the molecule is COc1cc(OC)nc(NC(=O)NS(=O)(=O)c2nc(F)c(F)c(F)c2C)n1. The third-order valence-corrected chi connectivity index (χ3v) is 4.39. The molecule has 0 fully saturated rings. The number of ether oxygens (including phenoxy) is 2. The quantitative estimate of drug-likeness (QED) is 0.705. The van der Waals surface area contributed by atoms with E-state index < -0.39 is 44.2 Å². The largest absolute Gasteiger partial charge is 0.481 e. The Balaban J connectivity index is 2.28. The molecule has 0 atom stereocenters. The van der Waals surface area contributed by atoms with Gasteiger partial charge in [-0.15, -0.1) is 0 Å². The van der Waals surface area contributed by atoms with E-state index in [-0.39, 0.29) is 17.7 Å². The van der Waals surface area contributed by atoms with Gasteiger partial charge in [0, 0.05) is 5.56 Å². The number of hydrogen-bond donors (Lipinski definition) is 2. The molecule has 0 radical (unpaired) electrons. The van der Waals surface area contributed by atoms with Crippen LogP contribution in [-0.4, -0.2) is 43.6 Å².